The van der Waals surface area contributed by atoms with E-state index in [1.807, 2.05) is 12.1 Å². The molecule has 0 bridgehead atoms. The fourth-order valence-electron chi connectivity index (χ4n) is 1.62. The van der Waals surface area contributed by atoms with Crippen LogP contribution in [0.15, 0.2) is 23.0 Å². The summed E-state index contributed by atoms with van der Waals surface area (Å²) in [5.74, 6) is 0. The van der Waals surface area contributed by atoms with E-state index in [1.54, 1.807) is 31.5 Å². The Kier molecular flexibility index (Phi) is 1.98. The summed E-state index contributed by atoms with van der Waals surface area (Å²) in [6.45, 7) is 3.43. The number of nitrogens with zero attached hydrogens (tertiary/aromatic N) is 1. The number of nitrogens with one attached hydrogen (secondary N) is 1. The third-order valence-electron chi connectivity index (χ3n) is 2.61. The number of fused-ring (bicyclic) bond motifs is 1. The first-order chi connectivity index (χ1) is 6.89. The standard InChI is InChI=1S/C11H14N2O2/c1-11(2,15)7-4-5-9-8(6-7)12-10(14)13(9)3/h4-6,15H,1-3H3,(H,12,14). The fraction of sp³-hybridized carbons (Fsp3) is 0.364. The summed E-state index contributed by atoms with van der Waals surface area (Å²) < 4.78 is 1.55. The number of hydrogen-bond acceptors (Lipinski definition) is 2. The maximum atomic E-state index is 11.3. The number of hydrogen-bond donors (Lipinski definition) is 2. The number of rotatable bonds is 1. The van der Waals surface area contributed by atoms with Crippen LogP contribution in [-0.2, 0) is 12.6 Å². The van der Waals surface area contributed by atoms with Gasteiger partial charge in [0.25, 0.3) is 0 Å². The van der Waals surface area contributed by atoms with E-state index < -0.39 is 5.60 Å². The summed E-state index contributed by atoms with van der Waals surface area (Å²) in [5, 5.41) is 9.83. The first-order valence-corrected chi connectivity index (χ1v) is 4.81. The molecular weight excluding hydrogens is 192 g/mol. The molecule has 2 N–H and O–H groups in total. The number of aryl methyl sites for hydroxylation is 1. The first-order valence-electron chi connectivity index (χ1n) is 4.81. The molecule has 0 amide bonds. The number of aliphatic hydroxyl groups is 1. The lowest BCUT2D eigenvalue weighted by atomic mass is 9.98. The van der Waals surface area contributed by atoms with Crippen molar-refractivity contribution in [2.45, 2.75) is 19.4 Å². The van der Waals surface area contributed by atoms with Gasteiger partial charge in [-0.05, 0) is 31.5 Å². The number of imidazole rings is 1. The van der Waals surface area contributed by atoms with Crippen LogP contribution in [0.3, 0.4) is 0 Å². The van der Waals surface area contributed by atoms with Crippen molar-refractivity contribution in [3.63, 3.8) is 0 Å². The fourth-order valence-corrected chi connectivity index (χ4v) is 1.62. The summed E-state index contributed by atoms with van der Waals surface area (Å²) in [7, 11) is 1.71. The van der Waals surface area contributed by atoms with E-state index in [2.05, 4.69) is 4.98 Å². The summed E-state index contributed by atoms with van der Waals surface area (Å²) in [6, 6.07) is 5.47. The molecule has 0 fully saturated rings. The maximum Gasteiger partial charge on any atom is 0.326 e. The molecular formula is C11H14N2O2. The summed E-state index contributed by atoms with van der Waals surface area (Å²) in [6.07, 6.45) is 0. The number of aromatic amines is 1. The van der Waals surface area contributed by atoms with Crippen molar-refractivity contribution < 1.29 is 5.11 Å². The molecule has 0 saturated carbocycles. The van der Waals surface area contributed by atoms with Crippen LogP contribution in [0.25, 0.3) is 11.0 Å². The molecule has 1 aromatic heterocycles. The Balaban J connectivity index is 2.73. The maximum absolute atomic E-state index is 11.3. The van der Waals surface area contributed by atoms with Gasteiger partial charge in [-0.25, -0.2) is 4.79 Å². The smallest absolute Gasteiger partial charge is 0.326 e. The van der Waals surface area contributed by atoms with Gasteiger partial charge in [0.1, 0.15) is 0 Å². The zero-order chi connectivity index (χ0) is 11.2. The SMILES string of the molecule is Cn1c(=O)[nH]c2cc(C(C)(C)O)ccc21. The molecule has 80 valence electrons. The molecule has 0 spiro atoms. The Morgan fingerprint density at radius 3 is 2.67 bits per heavy atom. The highest BCUT2D eigenvalue weighted by molar-refractivity contribution is 5.76. The minimum absolute atomic E-state index is 0.141. The van der Waals surface area contributed by atoms with Crippen LogP contribution in [0, 0.1) is 0 Å². The number of benzene rings is 1. The molecule has 0 saturated heterocycles. The minimum atomic E-state index is -0.888. The molecule has 2 aromatic rings. The van der Waals surface area contributed by atoms with E-state index in [4.69, 9.17) is 0 Å². The van der Waals surface area contributed by atoms with Crippen LogP contribution in [0.2, 0.25) is 0 Å². The van der Waals surface area contributed by atoms with Gasteiger partial charge in [0.15, 0.2) is 0 Å². The van der Waals surface area contributed by atoms with Crippen LogP contribution in [0.5, 0.6) is 0 Å². The average Bonchev–Trinajstić information content (AvgIpc) is 2.41. The lowest BCUT2D eigenvalue weighted by Gasteiger charge is -2.17. The van der Waals surface area contributed by atoms with Crippen LogP contribution < -0.4 is 5.69 Å². The van der Waals surface area contributed by atoms with Crippen molar-refractivity contribution >= 4 is 11.0 Å². The summed E-state index contributed by atoms with van der Waals surface area (Å²) in [5.41, 5.74) is 1.35. The number of aromatic nitrogens is 2. The van der Waals surface area contributed by atoms with Gasteiger partial charge in [-0.2, -0.15) is 0 Å². The summed E-state index contributed by atoms with van der Waals surface area (Å²) in [4.78, 5) is 14.1. The highest BCUT2D eigenvalue weighted by atomic mass is 16.3. The monoisotopic (exact) mass is 206 g/mol. The van der Waals surface area contributed by atoms with Gasteiger partial charge in [0.2, 0.25) is 0 Å². The molecule has 0 radical (unpaired) electrons. The highest BCUT2D eigenvalue weighted by Crippen LogP contribution is 2.22. The van der Waals surface area contributed by atoms with Crippen LogP contribution in [-0.4, -0.2) is 14.7 Å². The van der Waals surface area contributed by atoms with E-state index >= 15 is 0 Å². The molecule has 4 nitrogen and oxygen atoms in total. The van der Waals surface area contributed by atoms with Gasteiger partial charge >= 0.3 is 5.69 Å². The highest BCUT2D eigenvalue weighted by Gasteiger charge is 2.16. The van der Waals surface area contributed by atoms with Gasteiger partial charge in [0.05, 0.1) is 16.6 Å². The Labute approximate surface area is 87.2 Å². The summed E-state index contributed by atoms with van der Waals surface area (Å²) >= 11 is 0. The second kappa shape index (κ2) is 2.97. The van der Waals surface area contributed by atoms with Crippen molar-refractivity contribution in [2.24, 2.45) is 7.05 Å². The largest absolute Gasteiger partial charge is 0.386 e. The predicted molar refractivity (Wildman–Crippen MR) is 58.8 cm³/mol. The van der Waals surface area contributed by atoms with E-state index in [9.17, 15) is 9.90 Å². The quantitative estimate of drug-likeness (QED) is 0.734. The second-order valence-corrected chi connectivity index (χ2v) is 4.28. The van der Waals surface area contributed by atoms with Crippen molar-refractivity contribution in [3.05, 3.63) is 34.2 Å². The Bertz CT molecular complexity index is 558. The second-order valence-electron chi connectivity index (χ2n) is 4.28. The van der Waals surface area contributed by atoms with E-state index in [-0.39, 0.29) is 5.69 Å². The predicted octanol–water partition coefficient (Wildman–Crippen LogP) is 1.09. The molecule has 0 aliphatic carbocycles. The third-order valence-corrected chi connectivity index (χ3v) is 2.61. The first kappa shape index (κ1) is 9.98. The molecule has 0 aliphatic heterocycles. The van der Waals surface area contributed by atoms with Crippen molar-refractivity contribution in [1.29, 1.82) is 0 Å². The molecule has 2 rings (SSSR count). The Morgan fingerprint density at radius 1 is 1.40 bits per heavy atom. The topological polar surface area (TPSA) is 58.0 Å². The van der Waals surface area contributed by atoms with Crippen molar-refractivity contribution in [2.75, 3.05) is 0 Å². The minimum Gasteiger partial charge on any atom is -0.386 e. The van der Waals surface area contributed by atoms with E-state index in [0.29, 0.717) is 0 Å². The molecule has 0 atom stereocenters. The van der Waals surface area contributed by atoms with E-state index in [0.717, 1.165) is 16.6 Å². The molecule has 0 unspecified atom stereocenters. The molecule has 1 heterocycles. The lowest BCUT2D eigenvalue weighted by molar-refractivity contribution is 0.0787. The molecule has 1 aromatic carbocycles. The molecule has 4 heteroatoms. The third kappa shape index (κ3) is 1.57. The van der Waals surface area contributed by atoms with Gasteiger partial charge in [-0.3, -0.25) is 4.57 Å². The van der Waals surface area contributed by atoms with Crippen molar-refractivity contribution in [1.82, 2.24) is 9.55 Å². The molecule has 15 heavy (non-hydrogen) atoms. The average molecular weight is 206 g/mol. The van der Waals surface area contributed by atoms with E-state index in [1.165, 1.54) is 0 Å². The normalized spacial score (nSPS) is 12.3. The van der Waals surface area contributed by atoms with Crippen LogP contribution in [0.4, 0.5) is 0 Å². The van der Waals surface area contributed by atoms with Gasteiger partial charge < -0.3 is 10.1 Å². The zero-order valence-corrected chi connectivity index (χ0v) is 9.03. The van der Waals surface area contributed by atoms with Gasteiger partial charge in [0, 0.05) is 7.05 Å². The Hall–Kier alpha value is -1.55. The molecule has 0 aliphatic rings. The van der Waals surface area contributed by atoms with Gasteiger partial charge in [-0.15, -0.1) is 0 Å². The van der Waals surface area contributed by atoms with Gasteiger partial charge in [-0.1, -0.05) is 6.07 Å². The van der Waals surface area contributed by atoms with Crippen LogP contribution in [0.1, 0.15) is 19.4 Å². The number of H-pyrrole nitrogens is 1. The lowest BCUT2D eigenvalue weighted by Crippen LogP contribution is -2.15. The van der Waals surface area contributed by atoms with Crippen LogP contribution >= 0.6 is 0 Å². The Morgan fingerprint density at radius 2 is 2.07 bits per heavy atom. The van der Waals surface area contributed by atoms with Crippen molar-refractivity contribution in [3.8, 4) is 0 Å². The zero-order valence-electron chi connectivity index (χ0n) is 9.03.